The normalized spacial score (nSPS) is 15.1. The molecule has 2 N–H and O–H groups in total. The van der Waals surface area contributed by atoms with E-state index in [1.807, 2.05) is 19.1 Å². The molecule has 0 radical (unpaired) electrons. The Kier molecular flexibility index (Phi) is 2.68. The zero-order valence-electron chi connectivity index (χ0n) is 8.95. The van der Waals surface area contributed by atoms with Gasteiger partial charge in [0.2, 0.25) is 12.5 Å². The number of benzene rings is 1. The van der Waals surface area contributed by atoms with E-state index in [1.54, 1.807) is 7.11 Å². The van der Waals surface area contributed by atoms with E-state index in [0.717, 1.165) is 17.7 Å². The van der Waals surface area contributed by atoms with Crippen LogP contribution in [0.15, 0.2) is 12.1 Å². The molecule has 1 aromatic carbocycles. The maximum Gasteiger partial charge on any atom is 0.231 e. The summed E-state index contributed by atoms with van der Waals surface area (Å²) >= 11 is 0. The van der Waals surface area contributed by atoms with Gasteiger partial charge in [-0.15, -0.1) is 0 Å². The van der Waals surface area contributed by atoms with Crippen LogP contribution in [-0.4, -0.2) is 19.9 Å². The first kappa shape index (κ1) is 10.1. The summed E-state index contributed by atoms with van der Waals surface area (Å²) in [5.41, 5.74) is 6.83. The van der Waals surface area contributed by atoms with Crippen LogP contribution in [0.1, 0.15) is 12.5 Å². The molecule has 0 amide bonds. The third-order valence-electron chi connectivity index (χ3n) is 2.33. The second-order valence-corrected chi connectivity index (χ2v) is 3.67. The third kappa shape index (κ3) is 1.85. The smallest absolute Gasteiger partial charge is 0.231 e. The Morgan fingerprint density at radius 3 is 2.80 bits per heavy atom. The number of hydrogen-bond acceptors (Lipinski definition) is 4. The predicted molar refractivity (Wildman–Crippen MR) is 56.5 cm³/mol. The molecule has 0 aliphatic carbocycles. The summed E-state index contributed by atoms with van der Waals surface area (Å²) in [5, 5.41) is 0. The molecule has 0 spiro atoms. The van der Waals surface area contributed by atoms with Crippen LogP contribution in [-0.2, 0) is 6.42 Å². The molecule has 1 aliphatic rings. The van der Waals surface area contributed by atoms with Gasteiger partial charge in [-0.25, -0.2) is 0 Å². The summed E-state index contributed by atoms with van der Waals surface area (Å²) in [6.07, 6.45) is 0.773. The fourth-order valence-corrected chi connectivity index (χ4v) is 1.70. The van der Waals surface area contributed by atoms with Crippen LogP contribution < -0.4 is 19.9 Å². The Morgan fingerprint density at radius 1 is 1.40 bits per heavy atom. The van der Waals surface area contributed by atoms with E-state index >= 15 is 0 Å². The second kappa shape index (κ2) is 3.98. The van der Waals surface area contributed by atoms with Crippen molar-refractivity contribution in [2.75, 3.05) is 13.9 Å². The van der Waals surface area contributed by atoms with E-state index in [0.29, 0.717) is 11.5 Å². The van der Waals surface area contributed by atoms with E-state index in [2.05, 4.69) is 0 Å². The minimum atomic E-state index is 0.103. The van der Waals surface area contributed by atoms with Crippen LogP contribution in [0.25, 0.3) is 0 Å². The van der Waals surface area contributed by atoms with Crippen molar-refractivity contribution in [1.82, 2.24) is 0 Å². The molecule has 1 heterocycles. The van der Waals surface area contributed by atoms with Gasteiger partial charge in [-0.05, 0) is 25.0 Å². The first-order chi connectivity index (χ1) is 7.22. The third-order valence-corrected chi connectivity index (χ3v) is 2.33. The monoisotopic (exact) mass is 209 g/mol. The highest BCUT2D eigenvalue weighted by molar-refractivity contribution is 5.57. The average molecular weight is 209 g/mol. The van der Waals surface area contributed by atoms with Gasteiger partial charge >= 0.3 is 0 Å². The Bertz CT molecular complexity index is 363. The quantitative estimate of drug-likeness (QED) is 0.815. The predicted octanol–water partition coefficient (Wildman–Crippen LogP) is 1.31. The molecule has 0 aromatic heterocycles. The van der Waals surface area contributed by atoms with Crippen molar-refractivity contribution in [1.29, 1.82) is 0 Å². The molecular weight excluding hydrogens is 194 g/mol. The molecule has 4 heteroatoms. The highest BCUT2D eigenvalue weighted by atomic mass is 16.7. The van der Waals surface area contributed by atoms with Crippen molar-refractivity contribution in [3.63, 3.8) is 0 Å². The molecule has 0 bridgehead atoms. The molecule has 1 aromatic rings. The summed E-state index contributed by atoms with van der Waals surface area (Å²) in [4.78, 5) is 0. The molecule has 0 saturated heterocycles. The van der Waals surface area contributed by atoms with Gasteiger partial charge in [0.25, 0.3) is 0 Å². The van der Waals surface area contributed by atoms with Crippen LogP contribution in [0, 0.1) is 0 Å². The zero-order valence-corrected chi connectivity index (χ0v) is 8.95. The molecule has 4 nitrogen and oxygen atoms in total. The van der Waals surface area contributed by atoms with E-state index in [-0.39, 0.29) is 12.8 Å². The van der Waals surface area contributed by atoms with Gasteiger partial charge in [0.05, 0.1) is 7.11 Å². The first-order valence-corrected chi connectivity index (χ1v) is 4.93. The second-order valence-electron chi connectivity index (χ2n) is 3.67. The van der Waals surface area contributed by atoms with Gasteiger partial charge in [0.1, 0.15) is 0 Å². The fourth-order valence-electron chi connectivity index (χ4n) is 1.70. The molecular formula is C11H15NO3. The highest BCUT2D eigenvalue weighted by Gasteiger charge is 2.22. The van der Waals surface area contributed by atoms with Crippen LogP contribution in [0.3, 0.4) is 0 Å². The zero-order chi connectivity index (χ0) is 10.8. The minimum absolute atomic E-state index is 0.103. The minimum Gasteiger partial charge on any atom is -0.493 e. The van der Waals surface area contributed by atoms with Crippen LogP contribution in [0.2, 0.25) is 0 Å². The van der Waals surface area contributed by atoms with Crippen molar-refractivity contribution in [3.8, 4) is 17.2 Å². The van der Waals surface area contributed by atoms with Crippen LogP contribution in [0.5, 0.6) is 17.2 Å². The maximum atomic E-state index is 5.76. The molecule has 0 fully saturated rings. The molecule has 1 aliphatic heterocycles. The number of ether oxygens (including phenoxy) is 3. The van der Waals surface area contributed by atoms with E-state index in [9.17, 15) is 0 Å². The number of rotatable bonds is 3. The SMILES string of the molecule is COc1ccc(CC(C)N)c2c1OCO2. The number of fused-ring (bicyclic) bond motifs is 1. The topological polar surface area (TPSA) is 53.7 Å². The molecule has 15 heavy (non-hydrogen) atoms. The van der Waals surface area contributed by atoms with E-state index in [1.165, 1.54) is 0 Å². The van der Waals surface area contributed by atoms with Gasteiger partial charge in [0, 0.05) is 6.04 Å². The summed E-state index contributed by atoms with van der Waals surface area (Å²) in [6.45, 7) is 2.22. The van der Waals surface area contributed by atoms with E-state index < -0.39 is 0 Å². The Balaban J connectivity index is 2.38. The lowest BCUT2D eigenvalue weighted by Crippen LogP contribution is -2.18. The molecule has 1 atom stereocenters. The fraction of sp³-hybridized carbons (Fsp3) is 0.455. The number of methoxy groups -OCH3 is 1. The van der Waals surface area contributed by atoms with Gasteiger partial charge in [-0.1, -0.05) is 6.07 Å². The Hall–Kier alpha value is -1.42. The lowest BCUT2D eigenvalue weighted by molar-refractivity contribution is 0.170. The van der Waals surface area contributed by atoms with Crippen LogP contribution >= 0.6 is 0 Å². The Morgan fingerprint density at radius 2 is 2.13 bits per heavy atom. The molecule has 1 unspecified atom stereocenters. The van der Waals surface area contributed by atoms with Crippen molar-refractivity contribution >= 4 is 0 Å². The summed E-state index contributed by atoms with van der Waals surface area (Å²) in [5.74, 6) is 2.17. The lowest BCUT2D eigenvalue weighted by atomic mass is 10.1. The molecule has 2 rings (SSSR count). The standard InChI is InChI=1S/C11H15NO3/c1-7(12)5-8-3-4-9(13-2)11-10(8)14-6-15-11/h3-4,7H,5-6,12H2,1-2H3. The largest absolute Gasteiger partial charge is 0.493 e. The lowest BCUT2D eigenvalue weighted by Gasteiger charge is -2.10. The van der Waals surface area contributed by atoms with Crippen molar-refractivity contribution in [2.24, 2.45) is 5.73 Å². The van der Waals surface area contributed by atoms with Crippen molar-refractivity contribution in [2.45, 2.75) is 19.4 Å². The van der Waals surface area contributed by atoms with Crippen molar-refractivity contribution < 1.29 is 14.2 Å². The highest BCUT2D eigenvalue weighted by Crippen LogP contribution is 2.43. The first-order valence-electron chi connectivity index (χ1n) is 4.93. The summed E-state index contributed by atoms with van der Waals surface area (Å²) in [6, 6.07) is 3.95. The van der Waals surface area contributed by atoms with Gasteiger partial charge in [-0.2, -0.15) is 0 Å². The van der Waals surface area contributed by atoms with Gasteiger partial charge < -0.3 is 19.9 Å². The number of hydrogen-bond donors (Lipinski definition) is 1. The number of nitrogens with two attached hydrogens (primary N) is 1. The van der Waals surface area contributed by atoms with Gasteiger partial charge in [-0.3, -0.25) is 0 Å². The summed E-state index contributed by atoms with van der Waals surface area (Å²) in [7, 11) is 1.61. The maximum absolute atomic E-state index is 5.76. The van der Waals surface area contributed by atoms with Crippen LogP contribution in [0.4, 0.5) is 0 Å². The van der Waals surface area contributed by atoms with Crippen molar-refractivity contribution in [3.05, 3.63) is 17.7 Å². The van der Waals surface area contributed by atoms with Gasteiger partial charge in [0.15, 0.2) is 11.5 Å². The average Bonchev–Trinajstić information content (AvgIpc) is 2.66. The molecule has 0 saturated carbocycles. The molecule has 82 valence electrons. The summed E-state index contributed by atoms with van der Waals surface area (Å²) < 4.78 is 16.0. The Labute approximate surface area is 88.9 Å². The van der Waals surface area contributed by atoms with E-state index in [4.69, 9.17) is 19.9 Å².